The summed E-state index contributed by atoms with van der Waals surface area (Å²) in [5, 5.41) is 15.4. The first-order chi connectivity index (χ1) is 9.24. The number of imidazole rings is 1. The van der Waals surface area contributed by atoms with Crippen molar-refractivity contribution in [2.75, 3.05) is 30.3 Å². The van der Waals surface area contributed by atoms with Gasteiger partial charge in [0.2, 0.25) is 5.95 Å². The molecule has 0 amide bonds. The van der Waals surface area contributed by atoms with Gasteiger partial charge >= 0.3 is 0 Å². The highest BCUT2D eigenvalue weighted by molar-refractivity contribution is 5.83. The van der Waals surface area contributed by atoms with Crippen LogP contribution in [0.25, 0.3) is 11.2 Å². The first-order valence-electron chi connectivity index (χ1n) is 6.54. The molecule has 1 atom stereocenters. The van der Waals surface area contributed by atoms with Crippen LogP contribution < -0.4 is 10.6 Å². The van der Waals surface area contributed by atoms with E-state index in [0.29, 0.717) is 24.0 Å². The number of anilines is 2. The van der Waals surface area contributed by atoms with Gasteiger partial charge in [-0.3, -0.25) is 0 Å². The number of aromatic amines is 1. The molecule has 2 heterocycles. The van der Waals surface area contributed by atoms with Gasteiger partial charge in [0, 0.05) is 19.7 Å². The second-order valence-electron chi connectivity index (χ2n) is 4.59. The molecular weight excluding hydrogens is 244 g/mol. The molecule has 0 saturated carbocycles. The van der Waals surface area contributed by atoms with Gasteiger partial charge in [-0.1, -0.05) is 13.8 Å². The molecular formula is C12H20N6O. The lowest BCUT2D eigenvalue weighted by Gasteiger charge is -2.12. The molecule has 0 fully saturated rings. The van der Waals surface area contributed by atoms with Crippen molar-refractivity contribution in [3.63, 3.8) is 0 Å². The molecule has 7 heteroatoms. The number of H-pyrrole nitrogens is 1. The minimum Gasteiger partial charge on any atom is -0.396 e. The second kappa shape index (κ2) is 6.33. The molecule has 0 spiro atoms. The Morgan fingerprint density at radius 1 is 1.37 bits per heavy atom. The molecule has 0 saturated heterocycles. The topological polar surface area (TPSA) is 98.8 Å². The predicted molar refractivity (Wildman–Crippen MR) is 75.2 cm³/mol. The van der Waals surface area contributed by atoms with Gasteiger partial charge in [0.15, 0.2) is 11.5 Å². The highest BCUT2D eigenvalue weighted by atomic mass is 16.3. The molecule has 4 N–H and O–H groups in total. The fourth-order valence-corrected chi connectivity index (χ4v) is 1.61. The number of aliphatic hydroxyl groups is 1. The zero-order chi connectivity index (χ0) is 13.7. The molecule has 0 radical (unpaired) electrons. The van der Waals surface area contributed by atoms with Crippen molar-refractivity contribution < 1.29 is 5.11 Å². The molecule has 0 aliphatic carbocycles. The summed E-state index contributed by atoms with van der Waals surface area (Å²) in [5.41, 5.74) is 1.42. The van der Waals surface area contributed by atoms with Crippen LogP contribution >= 0.6 is 0 Å². The summed E-state index contributed by atoms with van der Waals surface area (Å²) >= 11 is 0. The summed E-state index contributed by atoms with van der Waals surface area (Å²) in [4.78, 5) is 15.9. The van der Waals surface area contributed by atoms with Crippen LogP contribution in [0.1, 0.15) is 20.3 Å². The van der Waals surface area contributed by atoms with E-state index in [1.165, 1.54) is 0 Å². The summed E-state index contributed by atoms with van der Waals surface area (Å²) in [5.74, 6) is 1.45. The summed E-state index contributed by atoms with van der Waals surface area (Å²) in [6, 6.07) is 0. The highest BCUT2D eigenvalue weighted by Gasteiger charge is 2.10. The second-order valence-corrected chi connectivity index (χ2v) is 4.59. The number of hydrogen-bond donors (Lipinski definition) is 4. The molecule has 104 valence electrons. The number of aromatic nitrogens is 4. The third-order valence-electron chi connectivity index (χ3n) is 2.75. The quantitative estimate of drug-likeness (QED) is 0.600. The molecule has 2 rings (SSSR count). The molecule has 2 aromatic heterocycles. The first kappa shape index (κ1) is 13.5. The van der Waals surface area contributed by atoms with Crippen LogP contribution in [0.3, 0.4) is 0 Å². The van der Waals surface area contributed by atoms with Gasteiger partial charge in [0.1, 0.15) is 5.52 Å². The molecule has 19 heavy (non-hydrogen) atoms. The van der Waals surface area contributed by atoms with Crippen molar-refractivity contribution in [2.24, 2.45) is 5.92 Å². The van der Waals surface area contributed by atoms with Gasteiger partial charge in [-0.25, -0.2) is 4.98 Å². The molecule has 1 unspecified atom stereocenters. The van der Waals surface area contributed by atoms with Crippen molar-refractivity contribution >= 4 is 22.9 Å². The molecule has 7 nitrogen and oxygen atoms in total. The van der Waals surface area contributed by atoms with E-state index < -0.39 is 0 Å². The minimum absolute atomic E-state index is 0.144. The number of aliphatic hydroxyl groups excluding tert-OH is 1. The van der Waals surface area contributed by atoms with Gasteiger partial charge < -0.3 is 20.7 Å². The fraction of sp³-hybridized carbons (Fsp3) is 0.583. The van der Waals surface area contributed by atoms with Gasteiger partial charge in [-0.2, -0.15) is 9.97 Å². The normalized spacial score (nSPS) is 12.6. The van der Waals surface area contributed by atoms with Crippen LogP contribution in [0.5, 0.6) is 0 Å². The Kier molecular flexibility index (Phi) is 4.51. The molecule has 0 aromatic carbocycles. The number of nitrogens with one attached hydrogen (secondary N) is 3. The van der Waals surface area contributed by atoms with Crippen LogP contribution in [0.2, 0.25) is 0 Å². The monoisotopic (exact) mass is 264 g/mol. The van der Waals surface area contributed by atoms with Crippen molar-refractivity contribution in [1.29, 1.82) is 0 Å². The first-order valence-corrected chi connectivity index (χ1v) is 6.54. The minimum atomic E-state index is 0.144. The van der Waals surface area contributed by atoms with E-state index >= 15 is 0 Å². The van der Waals surface area contributed by atoms with Crippen LogP contribution in [-0.2, 0) is 0 Å². The Hall–Kier alpha value is -1.89. The fourth-order valence-electron chi connectivity index (χ4n) is 1.61. The molecule has 0 bridgehead atoms. The summed E-state index contributed by atoms with van der Waals surface area (Å²) in [7, 11) is 0. The van der Waals surface area contributed by atoms with E-state index in [-0.39, 0.29) is 12.5 Å². The maximum Gasteiger partial charge on any atom is 0.226 e. The highest BCUT2D eigenvalue weighted by Crippen LogP contribution is 2.18. The average molecular weight is 264 g/mol. The Bertz CT molecular complexity index is 526. The van der Waals surface area contributed by atoms with E-state index in [0.717, 1.165) is 18.5 Å². The van der Waals surface area contributed by atoms with Gasteiger partial charge in [-0.15, -0.1) is 0 Å². The smallest absolute Gasteiger partial charge is 0.226 e. The maximum absolute atomic E-state index is 9.05. The van der Waals surface area contributed by atoms with E-state index in [1.807, 2.05) is 6.92 Å². The van der Waals surface area contributed by atoms with Crippen LogP contribution in [-0.4, -0.2) is 44.7 Å². The van der Waals surface area contributed by atoms with Crippen molar-refractivity contribution in [2.45, 2.75) is 20.3 Å². The average Bonchev–Trinajstić information content (AvgIpc) is 2.90. The zero-order valence-electron chi connectivity index (χ0n) is 11.3. The Morgan fingerprint density at radius 2 is 2.21 bits per heavy atom. The molecule has 2 aromatic rings. The third kappa shape index (κ3) is 3.31. The van der Waals surface area contributed by atoms with Crippen LogP contribution in [0, 0.1) is 5.92 Å². The maximum atomic E-state index is 9.05. The van der Waals surface area contributed by atoms with Crippen molar-refractivity contribution in [3.8, 4) is 0 Å². The number of rotatable bonds is 7. The van der Waals surface area contributed by atoms with E-state index in [1.54, 1.807) is 6.33 Å². The SMILES string of the molecule is CCCNc1nc(NCC(C)CO)c2[nH]cnc2n1. The lowest BCUT2D eigenvalue weighted by molar-refractivity contribution is 0.244. The number of nitrogens with zero attached hydrogens (tertiary/aromatic N) is 3. The lowest BCUT2D eigenvalue weighted by atomic mass is 10.2. The Balaban J connectivity index is 2.21. The summed E-state index contributed by atoms with van der Waals surface area (Å²) in [6.45, 7) is 5.67. The van der Waals surface area contributed by atoms with Gasteiger partial charge in [0.25, 0.3) is 0 Å². The van der Waals surface area contributed by atoms with Crippen molar-refractivity contribution in [1.82, 2.24) is 19.9 Å². The third-order valence-corrected chi connectivity index (χ3v) is 2.75. The van der Waals surface area contributed by atoms with E-state index in [4.69, 9.17) is 5.11 Å². The Morgan fingerprint density at radius 3 is 2.95 bits per heavy atom. The zero-order valence-corrected chi connectivity index (χ0v) is 11.3. The van der Waals surface area contributed by atoms with Gasteiger partial charge in [0.05, 0.1) is 6.33 Å². The summed E-state index contributed by atoms with van der Waals surface area (Å²) in [6.07, 6.45) is 2.61. The predicted octanol–water partition coefficient (Wildman–Crippen LogP) is 1.22. The summed E-state index contributed by atoms with van der Waals surface area (Å²) < 4.78 is 0. The largest absolute Gasteiger partial charge is 0.396 e. The van der Waals surface area contributed by atoms with E-state index in [9.17, 15) is 0 Å². The van der Waals surface area contributed by atoms with Crippen LogP contribution in [0.4, 0.5) is 11.8 Å². The lowest BCUT2D eigenvalue weighted by Crippen LogP contribution is -2.16. The number of hydrogen-bond acceptors (Lipinski definition) is 6. The Labute approximate surface area is 111 Å². The van der Waals surface area contributed by atoms with Gasteiger partial charge in [-0.05, 0) is 12.3 Å². The number of fused-ring (bicyclic) bond motifs is 1. The van der Waals surface area contributed by atoms with Crippen molar-refractivity contribution in [3.05, 3.63) is 6.33 Å². The van der Waals surface area contributed by atoms with Crippen LogP contribution in [0.15, 0.2) is 6.33 Å². The standard InChI is InChI=1S/C12H20N6O/c1-3-4-13-12-17-10(14-5-8(2)6-19)9-11(18-12)16-7-15-9/h7-8,19H,3-6H2,1-2H3,(H3,13,14,15,16,17,18). The molecule has 0 aliphatic rings. The van der Waals surface area contributed by atoms with E-state index in [2.05, 4.69) is 37.5 Å². The molecule has 0 aliphatic heterocycles.